The van der Waals surface area contributed by atoms with Gasteiger partial charge in [0.15, 0.2) is 0 Å². The Morgan fingerprint density at radius 3 is 2.16 bits per heavy atom. The van der Waals surface area contributed by atoms with Gasteiger partial charge in [0.1, 0.15) is 42.8 Å². The zero-order valence-corrected chi connectivity index (χ0v) is 22.1. The van der Waals surface area contributed by atoms with E-state index in [9.17, 15) is 9.59 Å². The van der Waals surface area contributed by atoms with E-state index in [0.29, 0.717) is 47.1 Å². The van der Waals surface area contributed by atoms with Crippen LogP contribution >= 0.6 is 0 Å². The van der Waals surface area contributed by atoms with Gasteiger partial charge in [0.25, 0.3) is 0 Å². The molecule has 0 unspecified atom stereocenters. The fourth-order valence-electron chi connectivity index (χ4n) is 3.89. The highest BCUT2D eigenvalue weighted by atomic mass is 16.5. The molecule has 0 aliphatic heterocycles. The molecule has 0 saturated carbocycles. The molecule has 0 saturated heterocycles. The van der Waals surface area contributed by atoms with Gasteiger partial charge in [0, 0.05) is 0 Å². The molecule has 0 spiro atoms. The molecule has 4 rings (SSSR count). The molecule has 1 aromatic heterocycles. The lowest BCUT2D eigenvalue weighted by molar-refractivity contribution is -0.696. The Balaban J connectivity index is 1.38. The molecule has 0 N–H and O–H groups in total. The minimum Gasteiger partial charge on any atom is -0.489 e. The van der Waals surface area contributed by atoms with Gasteiger partial charge in [0.05, 0.1) is 17.3 Å². The zero-order chi connectivity index (χ0) is 27.2. The van der Waals surface area contributed by atoms with E-state index in [-0.39, 0.29) is 0 Å². The Labute approximate surface area is 222 Å². The van der Waals surface area contributed by atoms with Gasteiger partial charge in [-0.2, -0.15) is 0 Å². The molecule has 7 heteroatoms. The molecule has 38 heavy (non-hydrogen) atoms. The smallest absolute Gasteiger partial charge is 0.343 e. The van der Waals surface area contributed by atoms with Crippen LogP contribution in [0, 0.1) is 27.7 Å². The van der Waals surface area contributed by atoms with Crippen LogP contribution in [0.5, 0.6) is 17.2 Å². The fraction of sp³-hybridized carbons (Fsp3) is 0.194. The van der Waals surface area contributed by atoms with Gasteiger partial charge in [-0.1, -0.05) is 24.3 Å². The van der Waals surface area contributed by atoms with E-state index in [0.717, 1.165) is 16.7 Å². The monoisotopic (exact) mass is 511 g/mol. The first-order chi connectivity index (χ1) is 18.2. The van der Waals surface area contributed by atoms with E-state index < -0.39 is 11.9 Å². The van der Waals surface area contributed by atoms with Crippen molar-refractivity contribution in [3.8, 4) is 17.2 Å². The lowest BCUT2D eigenvalue weighted by atomic mass is 10.0. The molecule has 0 amide bonds. The third-order valence-corrected chi connectivity index (χ3v) is 6.29. The van der Waals surface area contributed by atoms with Crippen molar-refractivity contribution in [2.45, 2.75) is 34.2 Å². The Morgan fingerprint density at radius 1 is 0.895 bits per heavy atom. The van der Waals surface area contributed by atoms with Crippen LogP contribution in [0.1, 0.15) is 43.0 Å². The normalized spacial score (nSPS) is 10.6. The van der Waals surface area contributed by atoms with Gasteiger partial charge in [-0.25, -0.2) is 18.7 Å². The van der Waals surface area contributed by atoms with Crippen molar-refractivity contribution >= 4 is 18.1 Å². The lowest BCUT2D eigenvalue weighted by Crippen LogP contribution is -2.34. The predicted octanol–water partition coefficient (Wildman–Crippen LogP) is 5.63. The largest absolute Gasteiger partial charge is 0.489 e. The molecule has 1 heterocycles. The molecule has 0 atom stereocenters. The molecule has 0 aliphatic rings. The second-order valence-electron chi connectivity index (χ2n) is 9.07. The molecule has 7 nitrogen and oxygen atoms in total. The molecule has 3 aromatic carbocycles. The van der Waals surface area contributed by atoms with Crippen LogP contribution in [0.15, 0.2) is 79.9 Å². The van der Waals surface area contributed by atoms with Crippen molar-refractivity contribution in [3.05, 3.63) is 113 Å². The molecule has 0 bridgehead atoms. The number of rotatable bonds is 9. The van der Waals surface area contributed by atoms with E-state index in [1.807, 2.05) is 67.7 Å². The van der Waals surface area contributed by atoms with Crippen molar-refractivity contribution < 1.29 is 28.4 Å². The van der Waals surface area contributed by atoms with E-state index in [4.69, 9.17) is 14.2 Å². The van der Waals surface area contributed by atoms with Crippen LogP contribution < -0.4 is 18.8 Å². The van der Waals surface area contributed by atoms with Crippen LogP contribution in [0.3, 0.4) is 0 Å². The summed E-state index contributed by atoms with van der Waals surface area (Å²) in [5, 5.41) is 0. The van der Waals surface area contributed by atoms with Crippen LogP contribution in [-0.2, 0) is 6.54 Å². The summed E-state index contributed by atoms with van der Waals surface area (Å²) in [5.41, 5.74) is 4.08. The van der Waals surface area contributed by atoms with Crippen LogP contribution in [0.4, 0.5) is 0 Å². The van der Waals surface area contributed by atoms with Gasteiger partial charge < -0.3 is 14.2 Å². The number of aromatic nitrogens is 2. The Kier molecular flexibility index (Phi) is 8.06. The van der Waals surface area contributed by atoms with Crippen molar-refractivity contribution in [3.63, 3.8) is 0 Å². The summed E-state index contributed by atoms with van der Waals surface area (Å²) in [5.74, 6) is 0.631. The number of esters is 2. The Hall–Kier alpha value is -4.65. The van der Waals surface area contributed by atoms with Gasteiger partial charge in [-0.15, -0.1) is 0 Å². The van der Waals surface area contributed by atoms with E-state index in [1.54, 1.807) is 48.7 Å². The molecule has 4 aromatic rings. The maximum absolute atomic E-state index is 12.9. The first-order valence-electron chi connectivity index (χ1n) is 12.3. The number of aryl methyl sites for hydroxylation is 2. The average Bonchev–Trinajstić information content (AvgIpc) is 3.38. The summed E-state index contributed by atoms with van der Waals surface area (Å²) in [6.07, 6.45) is 7.48. The van der Waals surface area contributed by atoms with Gasteiger partial charge in [0.2, 0.25) is 6.33 Å². The van der Waals surface area contributed by atoms with Crippen molar-refractivity contribution in [1.82, 2.24) is 4.57 Å². The van der Waals surface area contributed by atoms with Crippen LogP contribution in [0.2, 0.25) is 0 Å². The quantitative estimate of drug-likeness (QED) is 0.166. The van der Waals surface area contributed by atoms with Crippen molar-refractivity contribution in [2.24, 2.45) is 0 Å². The molecular formula is C31H31N2O5+. The minimum absolute atomic E-state index is 0.404. The Bertz CT molecular complexity index is 1470. The van der Waals surface area contributed by atoms with E-state index >= 15 is 0 Å². The number of carbonyl (C=O) groups excluding carboxylic acids is 2. The Morgan fingerprint density at radius 2 is 1.53 bits per heavy atom. The number of carbonyl (C=O) groups is 2. The molecule has 0 radical (unpaired) electrons. The predicted molar refractivity (Wildman–Crippen MR) is 145 cm³/mol. The maximum Gasteiger partial charge on any atom is 0.343 e. The van der Waals surface area contributed by atoms with Gasteiger partial charge >= 0.3 is 11.9 Å². The standard InChI is InChI=1S/C31H31N2O5/c1-6-32-15-16-33(20-32)17-18-36-27-13-11-26(12-14-27)31(35)38-29-22(3)19-28(23(4)24(29)5)37-30(34)25-9-7-21(2)8-10-25/h6-16,19-20H,1,17-18H2,2-5H3/q+1. The van der Waals surface area contributed by atoms with Crippen molar-refractivity contribution in [1.29, 1.82) is 0 Å². The second-order valence-corrected chi connectivity index (χ2v) is 9.07. The van der Waals surface area contributed by atoms with E-state index in [2.05, 4.69) is 6.58 Å². The highest BCUT2D eigenvalue weighted by Gasteiger charge is 2.19. The second kappa shape index (κ2) is 11.6. The maximum atomic E-state index is 12.9. The number of hydrogen-bond acceptors (Lipinski definition) is 5. The SMILES string of the molecule is C=Cn1cc[n+](CCOc2ccc(C(=O)Oc3c(C)cc(OC(=O)c4ccc(C)cc4)c(C)c3C)cc2)c1. The molecule has 0 fully saturated rings. The fourth-order valence-corrected chi connectivity index (χ4v) is 3.89. The van der Waals surface area contributed by atoms with Crippen molar-refractivity contribution in [2.75, 3.05) is 6.61 Å². The lowest BCUT2D eigenvalue weighted by Gasteiger charge is -2.16. The minimum atomic E-state index is -0.479. The summed E-state index contributed by atoms with van der Waals surface area (Å²) in [7, 11) is 0. The summed E-state index contributed by atoms with van der Waals surface area (Å²) < 4.78 is 21.1. The first kappa shape index (κ1) is 26.4. The summed E-state index contributed by atoms with van der Waals surface area (Å²) in [6.45, 7) is 12.3. The van der Waals surface area contributed by atoms with Crippen LogP contribution in [-0.4, -0.2) is 23.1 Å². The molecule has 194 valence electrons. The van der Waals surface area contributed by atoms with Gasteiger partial charge in [-0.05, 0) is 86.8 Å². The number of ether oxygens (including phenoxy) is 3. The number of benzene rings is 3. The average molecular weight is 512 g/mol. The van der Waals surface area contributed by atoms with Gasteiger partial charge in [-0.3, -0.25) is 0 Å². The summed E-state index contributed by atoms with van der Waals surface area (Å²) in [6, 6.07) is 15.8. The van der Waals surface area contributed by atoms with Crippen LogP contribution in [0.25, 0.3) is 6.20 Å². The van der Waals surface area contributed by atoms with E-state index in [1.165, 1.54) is 0 Å². The number of imidazole rings is 1. The summed E-state index contributed by atoms with van der Waals surface area (Å²) >= 11 is 0. The number of hydrogen-bond donors (Lipinski definition) is 0. The zero-order valence-electron chi connectivity index (χ0n) is 22.1. The number of nitrogens with zero attached hydrogens (tertiary/aromatic N) is 2. The third-order valence-electron chi connectivity index (χ3n) is 6.29. The topological polar surface area (TPSA) is 70.6 Å². The molecule has 0 aliphatic carbocycles. The third kappa shape index (κ3) is 6.18. The molecular weight excluding hydrogens is 480 g/mol. The summed E-state index contributed by atoms with van der Waals surface area (Å²) in [4.78, 5) is 25.5. The first-order valence-corrected chi connectivity index (χ1v) is 12.3. The highest BCUT2D eigenvalue weighted by molar-refractivity contribution is 5.92. The highest BCUT2D eigenvalue weighted by Crippen LogP contribution is 2.34.